The number of halogens is 1. The van der Waals surface area contributed by atoms with Crippen molar-refractivity contribution in [3.8, 4) is 0 Å². The van der Waals surface area contributed by atoms with Gasteiger partial charge in [-0.05, 0) is 26.4 Å². The molecule has 0 aliphatic heterocycles. The van der Waals surface area contributed by atoms with Crippen LogP contribution >= 0.6 is 11.6 Å². The first-order valence-electron chi connectivity index (χ1n) is 5.62. The van der Waals surface area contributed by atoms with Gasteiger partial charge in [-0.15, -0.1) is 11.6 Å². The minimum atomic E-state index is 0.680. The van der Waals surface area contributed by atoms with Crippen LogP contribution in [-0.4, -0.2) is 57.8 Å². The van der Waals surface area contributed by atoms with Crippen molar-refractivity contribution >= 4 is 11.6 Å². The Hall–Kier alpha value is 0.170. The van der Waals surface area contributed by atoms with Gasteiger partial charge in [-0.3, -0.25) is 0 Å². The Balaban J connectivity index is 3.08. The van der Waals surface area contributed by atoms with Crippen LogP contribution < -0.4 is 0 Å². The number of ether oxygens (including phenoxy) is 2. The number of hydrogen-bond donors (Lipinski definition) is 0. The molecule has 0 aromatic rings. The summed E-state index contributed by atoms with van der Waals surface area (Å²) in [6.07, 6.45) is 3.57. The molecular formula is C11H24ClNO2. The van der Waals surface area contributed by atoms with Crippen LogP contribution in [0.3, 0.4) is 0 Å². The lowest BCUT2D eigenvalue weighted by Gasteiger charge is -2.16. The van der Waals surface area contributed by atoms with E-state index >= 15 is 0 Å². The average molecular weight is 238 g/mol. The predicted octanol–water partition coefficient (Wildman–Crippen LogP) is 1.99. The highest BCUT2D eigenvalue weighted by molar-refractivity contribution is 6.17. The SMILES string of the molecule is COCCOCCN(C)CCCCCCl. The van der Waals surface area contributed by atoms with Gasteiger partial charge in [0, 0.05) is 19.5 Å². The van der Waals surface area contributed by atoms with Gasteiger partial charge in [0.1, 0.15) is 0 Å². The van der Waals surface area contributed by atoms with E-state index in [0.717, 1.165) is 32.0 Å². The van der Waals surface area contributed by atoms with Crippen LogP contribution in [0.15, 0.2) is 0 Å². The van der Waals surface area contributed by atoms with Gasteiger partial charge in [-0.1, -0.05) is 6.42 Å². The average Bonchev–Trinajstić information content (AvgIpc) is 2.24. The van der Waals surface area contributed by atoms with Crippen molar-refractivity contribution in [1.29, 1.82) is 0 Å². The Kier molecular flexibility index (Phi) is 12.4. The molecule has 92 valence electrons. The summed E-state index contributed by atoms with van der Waals surface area (Å²) in [5, 5.41) is 0. The lowest BCUT2D eigenvalue weighted by atomic mass is 10.2. The molecule has 0 saturated heterocycles. The Morgan fingerprint density at radius 3 is 2.47 bits per heavy atom. The van der Waals surface area contributed by atoms with E-state index in [1.807, 2.05) is 0 Å². The Morgan fingerprint density at radius 2 is 1.80 bits per heavy atom. The molecule has 0 atom stereocenters. The van der Waals surface area contributed by atoms with Crippen LogP contribution in [-0.2, 0) is 9.47 Å². The molecule has 0 rings (SSSR count). The Bertz CT molecular complexity index is 125. The van der Waals surface area contributed by atoms with Gasteiger partial charge in [0.25, 0.3) is 0 Å². The normalized spacial score (nSPS) is 11.2. The molecule has 0 aliphatic carbocycles. The summed E-state index contributed by atoms with van der Waals surface area (Å²) >= 11 is 5.60. The van der Waals surface area contributed by atoms with Crippen LogP contribution in [0.5, 0.6) is 0 Å². The van der Waals surface area contributed by atoms with E-state index in [1.165, 1.54) is 12.8 Å². The summed E-state index contributed by atoms with van der Waals surface area (Å²) < 4.78 is 10.3. The summed E-state index contributed by atoms with van der Waals surface area (Å²) in [6.45, 7) is 4.28. The second-order valence-corrected chi connectivity index (χ2v) is 4.04. The zero-order chi connectivity index (χ0) is 11.4. The third-order valence-electron chi connectivity index (χ3n) is 2.22. The summed E-state index contributed by atoms with van der Waals surface area (Å²) in [5.74, 6) is 0.782. The van der Waals surface area contributed by atoms with Crippen LogP contribution in [0.25, 0.3) is 0 Å². The maximum atomic E-state index is 5.60. The Morgan fingerprint density at radius 1 is 1.00 bits per heavy atom. The van der Waals surface area contributed by atoms with Crippen molar-refractivity contribution in [2.75, 3.05) is 52.9 Å². The zero-order valence-electron chi connectivity index (χ0n) is 10.0. The molecule has 4 heteroatoms. The Labute approximate surface area is 98.7 Å². The standard InChI is InChI=1S/C11H24ClNO2/c1-13(7-5-3-4-6-12)8-9-15-11-10-14-2/h3-11H2,1-2H3. The molecule has 3 nitrogen and oxygen atoms in total. The topological polar surface area (TPSA) is 21.7 Å². The fourth-order valence-corrected chi connectivity index (χ4v) is 1.42. The summed E-state index contributed by atoms with van der Waals surface area (Å²) in [4.78, 5) is 2.29. The highest BCUT2D eigenvalue weighted by Crippen LogP contribution is 1.98. The van der Waals surface area contributed by atoms with Crippen molar-refractivity contribution in [3.05, 3.63) is 0 Å². The van der Waals surface area contributed by atoms with Crippen molar-refractivity contribution in [2.24, 2.45) is 0 Å². The first-order valence-corrected chi connectivity index (χ1v) is 6.16. The van der Waals surface area contributed by atoms with Gasteiger partial charge >= 0.3 is 0 Å². The van der Waals surface area contributed by atoms with Crippen LogP contribution in [0.1, 0.15) is 19.3 Å². The smallest absolute Gasteiger partial charge is 0.0700 e. The number of hydrogen-bond acceptors (Lipinski definition) is 3. The molecule has 0 aromatic heterocycles. The second-order valence-electron chi connectivity index (χ2n) is 3.66. The minimum absolute atomic E-state index is 0.680. The molecule has 0 bridgehead atoms. The quantitative estimate of drug-likeness (QED) is 0.405. The first kappa shape index (κ1) is 15.2. The second kappa shape index (κ2) is 12.2. The lowest BCUT2D eigenvalue weighted by Crippen LogP contribution is -2.24. The number of rotatable bonds is 11. The van der Waals surface area contributed by atoms with E-state index in [-0.39, 0.29) is 0 Å². The van der Waals surface area contributed by atoms with Crippen LogP contribution in [0.2, 0.25) is 0 Å². The van der Waals surface area contributed by atoms with Crippen LogP contribution in [0, 0.1) is 0 Å². The van der Waals surface area contributed by atoms with Gasteiger partial charge in [0.05, 0.1) is 19.8 Å². The third-order valence-corrected chi connectivity index (χ3v) is 2.49. The number of alkyl halides is 1. The molecule has 0 unspecified atom stereocenters. The van der Waals surface area contributed by atoms with Gasteiger partial charge in [0.15, 0.2) is 0 Å². The third kappa shape index (κ3) is 12.1. The van der Waals surface area contributed by atoms with E-state index in [0.29, 0.717) is 13.2 Å². The minimum Gasteiger partial charge on any atom is -0.382 e. The fourth-order valence-electron chi connectivity index (χ4n) is 1.23. The molecule has 0 saturated carbocycles. The molecular weight excluding hydrogens is 214 g/mol. The first-order chi connectivity index (χ1) is 7.31. The molecule has 0 aromatic carbocycles. The van der Waals surface area contributed by atoms with E-state index < -0.39 is 0 Å². The summed E-state index contributed by atoms with van der Waals surface area (Å²) in [5.41, 5.74) is 0. The number of methoxy groups -OCH3 is 1. The zero-order valence-corrected chi connectivity index (χ0v) is 10.8. The lowest BCUT2D eigenvalue weighted by molar-refractivity contribution is 0.0604. The molecule has 0 fully saturated rings. The van der Waals surface area contributed by atoms with Crippen molar-refractivity contribution in [1.82, 2.24) is 4.90 Å². The maximum absolute atomic E-state index is 5.60. The molecule has 15 heavy (non-hydrogen) atoms. The van der Waals surface area contributed by atoms with Gasteiger partial charge < -0.3 is 14.4 Å². The van der Waals surface area contributed by atoms with Gasteiger partial charge in [-0.25, -0.2) is 0 Å². The van der Waals surface area contributed by atoms with Crippen molar-refractivity contribution < 1.29 is 9.47 Å². The summed E-state index contributed by atoms with van der Waals surface area (Å²) in [6, 6.07) is 0. The predicted molar refractivity (Wildman–Crippen MR) is 64.8 cm³/mol. The fraction of sp³-hybridized carbons (Fsp3) is 1.00. The number of likely N-dealkylation sites (N-methyl/N-ethyl adjacent to an activating group) is 1. The van der Waals surface area contributed by atoms with E-state index in [2.05, 4.69) is 11.9 Å². The number of nitrogens with zero attached hydrogens (tertiary/aromatic N) is 1. The number of unbranched alkanes of at least 4 members (excludes halogenated alkanes) is 2. The van der Waals surface area contributed by atoms with E-state index in [9.17, 15) is 0 Å². The van der Waals surface area contributed by atoms with E-state index in [4.69, 9.17) is 21.1 Å². The molecule has 0 amide bonds. The largest absolute Gasteiger partial charge is 0.382 e. The maximum Gasteiger partial charge on any atom is 0.0700 e. The van der Waals surface area contributed by atoms with Crippen molar-refractivity contribution in [3.63, 3.8) is 0 Å². The highest BCUT2D eigenvalue weighted by atomic mass is 35.5. The summed E-state index contributed by atoms with van der Waals surface area (Å²) in [7, 11) is 3.81. The molecule has 0 N–H and O–H groups in total. The molecule has 0 radical (unpaired) electrons. The van der Waals surface area contributed by atoms with Crippen LogP contribution in [0.4, 0.5) is 0 Å². The van der Waals surface area contributed by atoms with Gasteiger partial charge in [0.2, 0.25) is 0 Å². The monoisotopic (exact) mass is 237 g/mol. The molecule has 0 aliphatic rings. The molecule has 0 spiro atoms. The van der Waals surface area contributed by atoms with E-state index in [1.54, 1.807) is 7.11 Å². The highest BCUT2D eigenvalue weighted by Gasteiger charge is 1.97. The van der Waals surface area contributed by atoms with Gasteiger partial charge in [-0.2, -0.15) is 0 Å². The van der Waals surface area contributed by atoms with Crippen molar-refractivity contribution in [2.45, 2.75) is 19.3 Å². The molecule has 0 heterocycles.